The maximum Gasteiger partial charge on any atom is 0.0582 e. The van der Waals surface area contributed by atoms with Crippen molar-refractivity contribution in [2.24, 2.45) is 5.16 Å². The Bertz CT molecular complexity index is 194. The second-order valence-electron chi connectivity index (χ2n) is 4.65. The fourth-order valence-corrected chi connectivity index (χ4v) is 2.15. The van der Waals surface area contributed by atoms with E-state index in [4.69, 9.17) is 9.94 Å². The van der Waals surface area contributed by atoms with Crippen molar-refractivity contribution in [3.63, 3.8) is 0 Å². The lowest BCUT2D eigenvalue weighted by Gasteiger charge is -2.22. The molecule has 94 valence electrons. The zero-order valence-corrected chi connectivity index (χ0v) is 10.5. The minimum atomic E-state index is 0.400. The van der Waals surface area contributed by atoms with Gasteiger partial charge >= 0.3 is 0 Å². The van der Waals surface area contributed by atoms with Crippen LogP contribution in [0.15, 0.2) is 5.16 Å². The van der Waals surface area contributed by atoms with Crippen molar-refractivity contribution in [3.8, 4) is 0 Å². The summed E-state index contributed by atoms with van der Waals surface area (Å²) in [5.41, 5.74) is 0.933. The molecule has 0 bridgehead atoms. The Kier molecular flexibility index (Phi) is 7.23. The molecule has 0 unspecified atom stereocenters. The second kappa shape index (κ2) is 8.57. The van der Waals surface area contributed by atoms with Gasteiger partial charge in [0.2, 0.25) is 0 Å². The van der Waals surface area contributed by atoms with Crippen molar-refractivity contribution in [1.29, 1.82) is 0 Å². The summed E-state index contributed by atoms with van der Waals surface area (Å²) in [6.07, 6.45) is 10.7. The van der Waals surface area contributed by atoms with E-state index in [-0.39, 0.29) is 0 Å². The van der Waals surface area contributed by atoms with Crippen molar-refractivity contribution in [2.45, 2.75) is 70.8 Å². The zero-order chi connectivity index (χ0) is 11.6. The third-order valence-corrected chi connectivity index (χ3v) is 3.25. The number of hydrogen-bond donors (Lipinski definition) is 1. The Balaban J connectivity index is 1.94. The molecule has 16 heavy (non-hydrogen) atoms. The molecule has 0 radical (unpaired) electrons. The molecule has 3 nitrogen and oxygen atoms in total. The van der Waals surface area contributed by atoms with Crippen molar-refractivity contribution >= 4 is 5.71 Å². The Morgan fingerprint density at radius 3 is 2.50 bits per heavy atom. The Labute approximate surface area is 98.9 Å². The van der Waals surface area contributed by atoms with E-state index in [9.17, 15) is 0 Å². The molecule has 0 aliphatic heterocycles. The SMILES string of the molecule is CCCCCCCOC1CCC(=NO)CC1. The first-order valence-electron chi connectivity index (χ1n) is 6.68. The minimum Gasteiger partial charge on any atom is -0.411 e. The molecule has 1 aliphatic rings. The third kappa shape index (κ3) is 5.50. The summed E-state index contributed by atoms with van der Waals surface area (Å²) < 4.78 is 5.82. The lowest BCUT2D eigenvalue weighted by atomic mass is 9.96. The molecule has 0 atom stereocenters. The maximum absolute atomic E-state index is 8.62. The van der Waals surface area contributed by atoms with Gasteiger partial charge in [0.15, 0.2) is 0 Å². The van der Waals surface area contributed by atoms with Crippen LogP contribution < -0.4 is 0 Å². The van der Waals surface area contributed by atoms with Gasteiger partial charge < -0.3 is 9.94 Å². The van der Waals surface area contributed by atoms with Crippen LogP contribution in [-0.2, 0) is 4.74 Å². The lowest BCUT2D eigenvalue weighted by Crippen LogP contribution is -2.22. The Hall–Kier alpha value is -0.570. The fourth-order valence-electron chi connectivity index (χ4n) is 2.15. The standard InChI is InChI=1S/C13H25NO2/c1-2-3-4-5-6-11-16-13-9-7-12(14-15)8-10-13/h13,15H,2-11H2,1H3. The van der Waals surface area contributed by atoms with Crippen molar-refractivity contribution < 1.29 is 9.94 Å². The largest absolute Gasteiger partial charge is 0.411 e. The molecule has 1 fully saturated rings. The van der Waals surface area contributed by atoms with E-state index in [0.29, 0.717) is 6.10 Å². The quantitative estimate of drug-likeness (QED) is 0.409. The van der Waals surface area contributed by atoms with Crippen molar-refractivity contribution in [3.05, 3.63) is 0 Å². The monoisotopic (exact) mass is 227 g/mol. The van der Waals surface area contributed by atoms with Gasteiger partial charge in [0, 0.05) is 6.61 Å². The van der Waals surface area contributed by atoms with E-state index in [1.54, 1.807) is 0 Å². The van der Waals surface area contributed by atoms with Gasteiger partial charge in [-0.15, -0.1) is 0 Å². The first-order valence-corrected chi connectivity index (χ1v) is 6.68. The van der Waals surface area contributed by atoms with Crippen LogP contribution in [0.3, 0.4) is 0 Å². The van der Waals surface area contributed by atoms with Crippen LogP contribution in [0.2, 0.25) is 0 Å². The van der Waals surface area contributed by atoms with Crippen LogP contribution in [-0.4, -0.2) is 23.6 Å². The van der Waals surface area contributed by atoms with Crippen molar-refractivity contribution in [1.82, 2.24) is 0 Å². The molecule has 1 N–H and O–H groups in total. The molecule has 1 rings (SSSR count). The van der Waals surface area contributed by atoms with Crippen LogP contribution >= 0.6 is 0 Å². The summed E-state index contributed by atoms with van der Waals surface area (Å²) in [5.74, 6) is 0. The van der Waals surface area contributed by atoms with E-state index in [2.05, 4.69) is 12.1 Å². The van der Waals surface area contributed by atoms with Crippen LogP contribution in [0, 0.1) is 0 Å². The minimum absolute atomic E-state index is 0.400. The Morgan fingerprint density at radius 1 is 1.19 bits per heavy atom. The summed E-state index contributed by atoms with van der Waals surface area (Å²) in [6.45, 7) is 3.14. The molecule has 0 saturated heterocycles. The first-order chi connectivity index (χ1) is 7.86. The van der Waals surface area contributed by atoms with Crippen LogP contribution in [0.25, 0.3) is 0 Å². The number of ether oxygens (including phenoxy) is 1. The first kappa shape index (κ1) is 13.5. The van der Waals surface area contributed by atoms with Crippen LogP contribution in [0.1, 0.15) is 64.7 Å². The zero-order valence-electron chi connectivity index (χ0n) is 10.5. The molecule has 0 aromatic heterocycles. The molecular formula is C13H25NO2. The van der Waals surface area contributed by atoms with E-state index in [0.717, 1.165) is 38.0 Å². The van der Waals surface area contributed by atoms with Gasteiger partial charge in [0.05, 0.1) is 11.8 Å². The van der Waals surface area contributed by atoms with Gasteiger partial charge in [0.1, 0.15) is 0 Å². The van der Waals surface area contributed by atoms with E-state index < -0.39 is 0 Å². The fraction of sp³-hybridized carbons (Fsp3) is 0.923. The predicted octanol–water partition coefficient (Wildman–Crippen LogP) is 3.75. The number of rotatable bonds is 7. The molecule has 0 aromatic carbocycles. The third-order valence-electron chi connectivity index (χ3n) is 3.25. The van der Waals surface area contributed by atoms with Gasteiger partial charge in [-0.25, -0.2) is 0 Å². The molecule has 3 heteroatoms. The number of hydrogen-bond acceptors (Lipinski definition) is 3. The lowest BCUT2D eigenvalue weighted by molar-refractivity contribution is 0.0374. The number of unbranched alkanes of at least 4 members (excludes halogenated alkanes) is 4. The molecule has 1 saturated carbocycles. The topological polar surface area (TPSA) is 41.8 Å². The predicted molar refractivity (Wildman–Crippen MR) is 66.2 cm³/mol. The van der Waals surface area contributed by atoms with E-state index in [1.807, 2.05) is 0 Å². The molecule has 0 aromatic rings. The summed E-state index contributed by atoms with van der Waals surface area (Å²) in [4.78, 5) is 0. The molecular weight excluding hydrogens is 202 g/mol. The maximum atomic E-state index is 8.62. The number of oxime groups is 1. The summed E-state index contributed by atoms with van der Waals surface area (Å²) in [6, 6.07) is 0. The van der Waals surface area contributed by atoms with Gasteiger partial charge in [0.25, 0.3) is 0 Å². The van der Waals surface area contributed by atoms with E-state index in [1.165, 1.54) is 32.1 Å². The normalized spacial score (nSPS) is 21.1. The van der Waals surface area contributed by atoms with Gasteiger partial charge in [-0.05, 0) is 32.1 Å². The summed E-state index contributed by atoms with van der Waals surface area (Å²) >= 11 is 0. The molecule has 0 heterocycles. The average molecular weight is 227 g/mol. The van der Waals surface area contributed by atoms with Crippen LogP contribution in [0.5, 0.6) is 0 Å². The molecule has 0 amide bonds. The van der Waals surface area contributed by atoms with Crippen LogP contribution in [0.4, 0.5) is 0 Å². The summed E-state index contributed by atoms with van der Waals surface area (Å²) in [5, 5.41) is 11.9. The Morgan fingerprint density at radius 2 is 1.88 bits per heavy atom. The highest BCUT2D eigenvalue weighted by Crippen LogP contribution is 2.19. The highest BCUT2D eigenvalue weighted by atomic mass is 16.5. The molecule has 1 aliphatic carbocycles. The average Bonchev–Trinajstić information content (AvgIpc) is 2.34. The smallest absolute Gasteiger partial charge is 0.0582 e. The van der Waals surface area contributed by atoms with Gasteiger partial charge in [-0.1, -0.05) is 37.8 Å². The number of nitrogens with zero attached hydrogens (tertiary/aromatic N) is 1. The highest BCUT2D eigenvalue weighted by Gasteiger charge is 2.17. The van der Waals surface area contributed by atoms with Crippen molar-refractivity contribution in [2.75, 3.05) is 6.61 Å². The van der Waals surface area contributed by atoms with Gasteiger partial charge in [-0.3, -0.25) is 0 Å². The summed E-state index contributed by atoms with van der Waals surface area (Å²) in [7, 11) is 0. The second-order valence-corrected chi connectivity index (χ2v) is 4.65. The van der Waals surface area contributed by atoms with Gasteiger partial charge in [-0.2, -0.15) is 0 Å². The molecule has 0 spiro atoms. The highest BCUT2D eigenvalue weighted by molar-refractivity contribution is 5.84. The van der Waals surface area contributed by atoms with E-state index >= 15 is 0 Å².